The molecule has 2 atom stereocenters. The molecule has 0 saturated carbocycles. The van der Waals surface area contributed by atoms with Crippen LogP contribution in [0.15, 0.2) is 48.5 Å². The quantitative estimate of drug-likeness (QED) is 0.230. The van der Waals surface area contributed by atoms with E-state index in [1.165, 1.54) is 0 Å². The highest BCUT2D eigenvalue weighted by Gasteiger charge is 2.30. The number of nitrogens with two attached hydrogens (primary N) is 4. The summed E-state index contributed by atoms with van der Waals surface area (Å²) in [6.45, 7) is 11.0. The van der Waals surface area contributed by atoms with Crippen molar-refractivity contribution >= 4 is 22.7 Å². The molecule has 8 nitrogen and oxygen atoms in total. The summed E-state index contributed by atoms with van der Waals surface area (Å²) in [5, 5.41) is 0. The number of ether oxygens (including phenoxy) is 4. The van der Waals surface area contributed by atoms with E-state index in [2.05, 4.69) is 52.0 Å². The molecule has 2 fully saturated rings. The maximum atomic E-state index is 6.34. The molecule has 2 aliphatic rings. The van der Waals surface area contributed by atoms with E-state index in [1.54, 1.807) is 0 Å². The van der Waals surface area contributed by atoms with E-state index in [9.17, 15) is 0 Å². The lowest BCUT2D eigenvalue weighted by Gasteiger charge is -2.30. The molecule has 38 heavy (non-hydrogen) atoms. The molecule has 3 aromatic rings. The highest BCUT2D eigenvalue weighted by atomic mass is 16.6. The largest absolute Gasteiger partial charge is 0.486 e. The van der Waals surface area contributed by atoms with Crippen molar-refractivity contribution in [1.82, 2.24) is 0 Å². The molecule has 0 aliphatic carbocycles. The van der Waals surface area contributed by atoms with Crippen molar-refractivity contribution in [1.29, 1.82) is 0 Å². The third-order valence-corrected chi connectivity index (χ3v) is 7.70. The van der Waals surface area contributed by atoms with Crippen LogP contribution in [0.2, 0.25) is 0 Å². The fourth-order valence-corrected chi connectivity index (χ4v) is 4.72. The second-order valence-corrected chi connectivity index (χ2v) is 11.3. The van der Waals surface area contributed by atoms with Gasteiger partial charge in [-0.1, -0.05) is 52.0 Å². The summed E-state index contributed by atoms with van der Waals surface area (Å²) < 4.78 is 22.0. The Bertz CT molecular complexity index is 1180. The van der Waals surface area contributed by atoms with Crippen molar-refractivity contribution in [2.75, 3.05) is 49.4 Å². The molecule has 0 spiro atoms. The number of hydrogen-bond donors (Lipinski definition) is 4. The third-order valence-electron chi connectivity index (χ3n) is 7.70. The van der Waals surface area contributed by atoms with Gasteiger partial charge in [-0.25, -0.2) is 0 Å². The van der Waals surface area contributed by atoms with Gasteiger partial charge < -0.3 is 41.9 Å². The summed E-state index contributed by atoms with van der Waals surface area (Å²) in [6, 6.07) is 16.4. The minimum Gasteiger partial charge on any atom is -0.486 e. The summed E-state index contributed by atoms with van der Waals surface area (Å²) in [7, 11) is 0. The van der Waals surface area contributed by atoms with Gasteiger partial charge in [-0.3, -0.25) is 0 Å². The molecule has 5 rings (SSSR count). The van der Waals surface area contributed by atoms with Crippen LogP contribution in [-0.2, 0) is 20.3 Å². The molecule has 0 radical (unpaired) electrons. The zero-order chi connectivity index (χ0) is 27.2. The Morgan fingerprint density at radius 1 is 0.605 bits per heavy atom. The fraction of sp³-hybridized carbons (Fsp3) is 0.400. The van der Waals surface area contributed by atoms with Gasteiger partial charge >= 0.3 is 0 Å². The molecule has 2 saturated heterocycles. The molecule has 2 heterocycles. The van der Waals surface area contributed by atoms with Crippen LogP contribution in [0.25, 0.3) is 0 Å². The Morgan fingerprint density at radius 2 is 0.895 bits per heavy atom. The second-order valence-electron chi connectivity index (χ2n) is 11.3. The van der Waals surface area contributed by atoms with Crippen molar-refractivity contribution < 1.29 is 18.9 Å². The SMILES string of the molecule is CC(C)(c1ccc(C(C)(C)c2cc(N)c(OCC3CO3)c(N)c2)cc1)c1cc(N)c(OCC2CO2)c(N)c1. The molecular weight excluding hydrogens is 480 g/mol. The summed E-state index contributed by atoms with van der Waals surface area (Å²) >= 11 is 0. The molecule has 0 amide bonds. The molecule has 0 bridgehead atoms. The van der Waals surface area contributed by atoms with E-state index in [-0.39, 0.29) is 23.0 Å². The summed E-state index contributed by atoms with van der Waals surface area (Å²) in [6.07, 6.45) is 0.267. The number of hydrogen-bond acceptors (Lipinski definition) is 8. The van der Waals surface area contributed by atoms with Gasteiger partial charge in [0.25, 0.3) is 0 Å². The lowest BCUT2D eigenvalue weighted by atomic mass is 9.74. The highest BCUT2D eigenvalue weighted by molar-refractivity contribution is 5.71. The summed E-state index contributed by atoms with van der Waals surface area (Å²) in [5.74, 6) is 1.04. The lowest BCUT2D eigenvalue weighted by Crippen LogP contribution is -2.22. The highest BCUT2D eigenvalue weighted by Crippen LogP contribution is 2.42. The Kier molecular flexibility index (Phi) is 6.57. The third kappa shape index (κ3) is 5.19. The van der Waals surface area contributed by atoms with Gasteiger partial charge in [0.2, 0.25) is 0 Å². The zero-order valence-electron chi connectivity index (χ0n) is 22.5. The van der Waals surface area contributed by atoms with E-state index < -0.39 is 0 Å². The molecule has 8 heteroatoms. The first-order valence-corrected chi connectivity index (χ1v) is 13.0. The normalized spacial score (nSPS) is 18.7. The predicted molar refractivity (Wildman–Crippen MR) is 152 cm³/mol. The maximum absolute atomic E-state index is 6.34. The first-order valence-electron chi connectivity index (χ1n) is 13.0. The average Bonchev–Trinajstić information content (AvgIpc) is 3.78. The number of rotatable bonds is 10. The number of epoxide rings is 2. The van der Waals surface area contributed by atoms with Gasteiger partial charge in [0.05, 0.1) is 36.0 Å². The molecule has 2 aliphatic heterocycles. The van der Waals surface area contributed by atoms with Crippen LogP contribution in [0.4, 0.5) is 22.7 Å². The van der Waals surface area contributed by atoms with Crippen LogP contribution in [-0.4, -0.2) is 38.6 Å². The monoisotopic (exact) mass is 518 g/mol. The van der Waals surface area contributed by atoms with Crippen LogP contribution < -0.4 is 32.4 Å². The standard InChI is InChI=1S/C30H38N4O4/c1-29(2,19-9-23(31)27(24(32)10-19)37-15-21-13-35-21)17-5-7-18(8-6-17)30(3,4)20-11-25(33)28(26(34)12-20)38-16-22-14-36-22/h5-12,21-22H,13-16,31-34H2,1-4H3. The molecule has 8 N–H and O–H groups in total. The van der Waals surface area contributed by atoms with Crippen LogP contribution in [0, 0.1) is 0 Å². The van der Waals surface area contributed by atoms with E-state index in [4.69, 9.17) is 41.9 Å². The first kappa shape index (κ1) is 26.0. The van der Waals surface area contributed by atoms with E-state index in [0.717, 1.165) is 22.3 Å². The number of benzene rings is 3. The van der Waals surface area contributed by atoms with E-state index in [0.29, 0.717) is 60.7 Å². The van der Waals surface area contributed by atoms with Crippen LogP contribution >= 0.6 is 0 Å². The van der Waals surface area contributed by atoms with Crippen molar-refractivity contribution in [3.05, 3.63) is 70.8 Å². The smallest absolute Gasteiger partial charge is 0.165 e. The lowest BCUT2D eigenvalue weighted by molar-refractivity contribution is 0.265. The van der Waals surface area contributed by atoms with E-state index in [1.807, 2.05) is 24.3 Å². The second kappa shape index (κ2) is 9.60. The van der Waals surface area contributed by atoms with Gasteiger partial charge in [0.1, 0.15) is 25.4 Å². The number of nitrogen functional groups attached to an aromatic ring is 4. The Hall–Kier alpha value is -3.62. The Morgan fingerprint density at radius 3 is 1.16 bits per heavy atom. The van der Waals surface area contributed by atoms with Crippen molar-refractivity contribution in [2.24, 2.45) is 0 Å². The minimum atomic E-state index is -0.331. The Labute approximate surface area is 224 Å². The van der Waals surface area contributed by atoms with Gasteiger partial charge in [0.15, 0.2) is 11.5 Å². The van der Waals surface area contributed by atoms with Crippen molar-refractivity contribution in [3.63, 3.8) is 0 Å². The molecule has 3 aromatic carbocycles. The van der Waals surface area contributed by atoms with Crippen LogP contribution in [0.5, 0.6) is 11.5 Å². The maximum Gasteiger partial charge on any atom is 0.165 e. The summed E-state index contributed by atoms with van der Waals surface area (Å²) in [5.41, 5.74) is 31.1. The zero-order valence-corrected chi connectivity index (χ0v) is 22.5. The Balaban J connectivity index is 1.36. The molecular formula is C30H38N4O4. The van der Waals surface area contributed by atoms with Crippen LogP contribution in [0.1, 0.15) is 49.9 Å². The van der Waals surface area contributed by atoms with Crippen LogP contribution in [0.3, 0.4) is 0 Å². The fourth-order valence-electron chi connectivity index (χ4n) is 4.72. The van der Waals surface area contributed by atoms with Gasteiger partial charge in [0, 0.05) is 10.8 Å². The molecule has 202 valence electrons. The minimum absolute atomic E-state index is 0.134. The van der Waals surface area contributed by atoms with Gasteiger partial charge in [-0.15, -0.1) is 0 Å². The first-order chi connectivity index (χ1) is 18.0. The predicted octanol–water partition coefficient (Wildman–Crippen LogP) is 4.22. The molecule has 0 aromatic heterocycles. The topological polar surface area (TPSA) is 148 Å². The number of anilines is 4. The summed E-state index contributed by atoms with van der Waals surface area (Å²) in [4.78, 5) is 0. The van der Waals surface area contributed by atoms with Gasteiger partial charge in [-0.2, -0.15) is 0 Å². The van der Waals surface area contributed by atoms with Crippen molar-refractivity contribution in [3.8, 4) is 11.5 Å². The average molecular weight is 519 g/mol. The van der Waals surface area contributed by atoms with Crippen molar-refractivity contribution in [2.45, 2.75) is 50.7 Å². The van der Waals surface area contributed by atoms with E-state index >= 15 is 0 Å². The molecule has 2 unspecified atom stereocenters. The van der Waals surface area contributed by atoms with Gasteiger partial charge in [-0.05, 0) is 46.5 Å².